The molecular formula is C15H23NO3. The molecule has 0 aliphatic heterocycles. The molecule has 0 aliphatic carbocycles. The Kier molecular flexibility index (Phi) is 5.21. The second kappa shape index (κ2) is 6.45. The van der Waals surface area contributed by atoms with Crippen molar-refractivity contribution in [1.82, 2.24) is 5.32 Å². The van der Waals surface area contributed by atoms with Crippen LogP contribution in [0, 0.1) is 5.41 Å². The lowest BCUT2D eigenvalue weighted by molar-refractivity contribution is 0.194. The number of phenols is 1. The minimum atomic E-state index is -0.975. The fourth-order valence-corrected chi connectivity index (χ4v) is 2.31. The number of rotatable bonds is 5. The van der Waals surface area contributed by atoms with Crippen LogP contribution in [0.1, 0.15) is 45.1 Å². The van der Waals surface area contributed by atoms with Crippen LogP contribution >= 0.6 is 0 Å². The van der Waals surface area contributed by atoms with E-state index in [4.69, 9.17) is 5.11 Å². The lowest BCUT2D eigenvalue weighted by atomic mass is 9.74. The van der Waals surface area contributed by atoms with E-state index in [0.717, 1.165) is 12.8 Å². The molecule has 0 aliphatic rings. The first-order valence-electron chi connectivity index (χ1n) is 6.56. The number of nitrogens with one attached hydrogen (secondary N) is 1. The van der Waals surface area contributed by atoms with Gasteiger partial charge in [0.2, 0.25) is 0 Å². The Balaban J connectivity index is 2.68. The van der Waals surface area contributed by atoms with Crippen molar-refractivity contribution < 1.29 is 15.0 Å². The largest absolute Gasteiger partial charge is 0.508 e. The summed E-state index contributed by atoms with van der Waals surface area (Å²) in [5.74, 6) is 0.604. The van der Waals surface area contributed by atoms with E-state index in [1.807, 2.05) is 12.1 Å². The van der Waals surface area contributed by atoms with Crippen LogP contribution in [0.25, 0.3) is 0 Å². The maximum atomic E-state index is 10.4. The molecule has 0 bridgehead atoms. The number of phenolic OH excluding ortho intramolecular Hbond substituents is 1. The molecule has 4 heteroatoms. The lowest BCUT2D eigenvalue weighted by Crippen LogP contribution is -2.24. The van der Waals surface area contributed by atoms with E-state index in [1.165, 1.54) is 5.56 Å². The van der Waals surface area contributed by atoms with Gasteiger partial charge in [0.15, 0.2) is 0 Å². The quantitative estimate of drug-likeness (QED) is 0.713. The predicted octanol–water partition coefficient (Wildman–Crippen LogP) is 3.57. The summed E-state index contributed by atoms with van der Waals surface area (Å²) >= 11 is 0. The van der Waals surface area contributed by atoms with E-state index in [-0.39, 0.29) is 11.2 Å². The number of hydrogen-bond donors (Lipinski definition) is 3. The first-order valence-corrected chi connectivity index (χ1v) is 6.56. The highest BCUT2D eigenvalue weighted by molar-refractivity contribution is 5.64. The first-order chi connectivity index (χ1) is 8.80. The standard InChI is InChI=1S/C15H23NO3/c1-15(2,3)13(5-4-10-16-14(18)19)11-6-8-12(17)9-7-11/h6-9,13,16-17H,4-5,10H2,1-3H3,(H,18,19). The van der Waals surface area contributed by atoms with Crippen molar-refractivity contribution >= 4 is 6.09 Å². The van der Waals surface area contributed by atoms with Gasteiger partial charge in [-0.25, -0.2) is 4.79 Å². The zero-order valence-corrected chi connectivity index (χ0v) is 11.8. The van der Waals surface area contributed by atoms with E-state index in [9.17, 15) is 9.90 Å². The Bertz CT molecular complexity index is 406. The summed E-state index contributed by atoms with van der Waals surface area (Å²) in [7, 11) is 0. The normalized spacial score (nSPS) is 13.0. The van der Waals surface area contributed by atoms with Gasteiger partial charge >= 0.3 is 6.09 Å². The summed E-state index contributed by atoms with van der Waals surface area (Å²) in [6.45, 7) is 7.00. The summed E-state index contributed by atoms with van der Waals surface area (Å²) in [4.78, 5) is 10.4. The Morgan fingerprint density at radius 1 is 1.26 bits per heavy atom. The molecule has 1 aromatic rings. The number of carbonyl (C=O) groups is 1. The third-order valence-corrected chi connectivity index (χ3v) is 3.29. The van der Waals surface area contributed by atoms with E-state index in [2.05, 4.69) is 26.1 Å². The topological polar surface area (TPSA) is 69.6 Å². The van der Waals surface area contributed by atoms with Crippen LogP contribution in [0.3, 0.4) is 0 Å². The molecule has 1 amide bonds. The smallest absolute Gasteiger partial charge is 0.404 e. The fraction of sp³-hybridized carbons (Fsp3) is 0.533. The van der Waals surface area contributed by atoms with Crippen molar-refractivity contribution in [3.63, 3.8) is 0 Å². The van der Waals surface area contributed by atoms with Gasteiger partial charge in [0, 0.05) is 6.54 Å². The van der Waals surface area contributed by atoms with Crippen LogP contribution in [-0.4, -0.2) is 22.9 Å². The molecule has 0 heterocycles. The van der Waals surface area contributed by atoms with Crippen molar-refractivity contribution in [2.45, 2.75) is 39.5 Å². The number of hydrogen-bond acceptors (Lipinski definition) is 2. The maximum absolute atomic E-state index is 10.4. The van der Waals surface area contributed by atoms with Gasteiger partial charge in [-0.15, -0.1) is 0 Å². The van der Waals surface area contributed by atoms with Gasteiger partial charge in [-0.3, -0.25) is 0 Å². The van der Waals surface area contributed by atoms with E-state index in [0.29, 0.717) is 12.5 Å². The molecule has 0 saturated heterocycles. The summed E-state index contributed by atoms with van der Waals surface area (Å²) < 4.78 is 0. The summed E-state index contributed by atoms with van der Waals surface area (Å²) in [5.41, 5.74) is 1.28. The molecular weight excluding hydrogens is 242 g/mol. The van der Waals surface area contributed by atoms with Gasteiger partial charge in [0.05, 0.1) is 0 Å². The Morgan fingerprint density at radius 3 is 2.32 bits per heavy atom. The molecule has 106 valence electrons. The number of benzene rings is 1. The zero-order valence-electron chi connectivity index (χ0n) is 11.8. The molecule has 0 radical (unpaired) electrons. The SMILES string of the molecule is CC(C)(C)C(CCCNC(=O)O)c1ccc(O)cc1. The third-order valence-electron chi connectivity index (χ3n) is 3.29. The average Bonchev–Trinajstić information content (AvgIpc) is 2.29. The van der Waals surface area contributed by atoms with Crippen LogP contribution in [0.2, 0.25) is 0 Å². The lowest BCUT2D eigenvalue weighted by Gasteiger charge is -2.31. The van der Waals surface area contributed by atoms with Gasteiger partial charge in [0.1, 0.15) is 5.75 Å². The van der Waals surface area contributed by atoms with Gasteiger partial charge in [-0.1, -0.05) is 32.9 Å². The van der Waals surface area contributed by atoms with Crippen molar-refractivity contribution in [3.05, 3.63) is 29.8 Å². The molecule has 0 aromatic heterocycles. The number of carboxylic acid groups (broad SMARTS) is 1. The predicted molar refractivity (Wildman–Crippen MR) is 75.6 cm³/mol. The van der Waals surface area contributed by atoms with Crippen LogP contribution in [0.15, 0.2) is 24.3 Å². The van der Waals surface area contributed by atoms with Crippen LogP contribution in [0.4, 0.5) is 4.79 Å². The minimum absolute atomic E-state index is 0.0974. The van der Waals surface area contributed by atoms with Crippen molar-refractivity contribution in [2.24, 2.45) is 5.41 Å². The molecule has 1 atom stereocenters. The van der Waals surface area contributed by atoms with Gasteiger partial charge < -0.3 is 15.5 Å². The first kappa shape index (κ1) is 15.3. The van der Waals surface area contributed by atoms with E-state index in [1.54, 1.807) is 12.1 Å². The Labute approximate surface area is 114 Å². The summed E-state index contributed by atoms with van der Waals surface area (Å²) in [6.07, 6.45) is 0.737. The highest BCUT2D eigenvalue weighted by atomic mass is 16.4. The molecule has 0 saturated carbocycles. The van der Waals surface area contributed by atoms with Gasteiger partial charge in [-0.05, 0) is 41.9 Å². The fourth-order valence-electron chi connectivity index (χ4n) is 2.31. The van der Waals surface area contributed by atoms with Crippen molar-refractivity contribution in [3.8, 4) is 5.75 Å². The number of amides is 1. The Morgan fingerprint density at radius 2 is 1.84 bits per heavy atom. The minimum Gasteiger partial charge on any atom is -0.508 e. The summed E-state index contributed by atoms with van der Waals surface area (Å²) in [5, 5.41) is 20.3. The highest BCUT2D eigenvalue weighted by Gasteiger charge is 2.25. The molecule has 1 rings (SSSR count). The second-order valence-electron chi connectivity index (χ2n) is 5.88. The van der Waals surface area contributed by atoms with E-state index < -0.39 is 6.09 Å². The third kappa shape index (κ3) is 5.20. The molecule has 3 N–H and O–H groups in total. The van der Waals surface area contributed by atoms with Crippen molar-refractivity contribution in [1.29, 1.82) is 0 Å². The second-order valence-corrected chi connectivity index (χ2v) is 5.88. The summed E-state index contributed by atoms with van der Waals surface area (Å²) in [6, 6.07) is 7.28. The van der Waals surface area contributed by atoms with Crippen LogP contribution < -0.4 is 5.32 Å². The van der Waals surface area contributed by atoms with Crippen LogP contribution in [-0.2, 0) is 0 Å². The highest BCUT2D eigenvalue weighted by Crippen LogP contribution is 2.38. The van der Waals surface area contributed by atoms with Crippen molar-refractivity contribution in [2.75, 3.05) is 6.54 Å². The molecule has 0 fully saturated rings. The monoisotopic (exact) mass is 265 g/mol. The molecule has 19 heavy (non-hydrogen) atoms. The van der Waals surface area contributed by atoms with Crippen LogP contribution in [0.5, 0.6) is 5.75 Å². The molecule has 4 nitrogen and oxygen atoms in total. The average molecular weight is 265 g/mol. The zero-order chi connectivity index (χ0) is 14.5. The van der Waals surface area contributed by atoms with Gasteiger partial charge in [-0.2, -0.15) is 0 Å². The number of aromatic hydroxyl groups is 1. The molecule has 1 aromatic carbocycles. The molecule has 1 unspecified atom stereocenters. The molecule has 0 spiro atoms. The van der Waals surface area contributed by atoms with Gasteiger partial charge in [0.25, 0.3) is 0 Å². The Hall–Kier alpha value is -1.71. The maximum Gasteiger partial charge on any atom is 0.404 e. The van der Waals surface area contributed by atoms with E-state index >= 15 is 0 Å².